The third kappa shape index (κ3) is 3.95. The van der Waals surface area contributed by atoms with Crippen molar-refractivity contribution in [1.29, 1.82) is 0 Å². The van der Waals surface area contributed by atoms with Crippen molar-refractivity contribution >= 4 is 38.7 Å². The Kier molecular flexibility index (Phi) is 5.06. The first-order chi connectivity index (χ1) is 10.2. The van der Waals surface area contributed by atoms with E-state index in [4.69, 9.17) is 5.11 Å². The molecule has 0 saturated carbocycles. The Morgan fingerprint density at radius 1 is 1.32 bits per heavy atom. The molecule has 22 heavy (non-hydrogen) atoms. The van der Waals surface area contributed by atoms with Crippen LogP contribution in [0.3, 0.4) is 0 Å². The topological polar surface area (TPSA) is 83.5 Å². The van der Waals surface area contributed by atoms with Crippen molar-refractivity contribution in [2.45, 2.75) is 37.4 Å². The summed E-state index contributed by atoms with van der Waals surface area (Å²) in [5, 5.41) is 8.75. The van der Waals surface area contributed by atoms with Gasteiger partial charge in [0.15, 0.2) is 0 Å². The van der Waals surface area contributed by atoms with E-state index in [0.717, 1.165) is 26.7 Å². The molecule has 2 aromatic heterocycles. The molecule has 5 nitrogen and oxygen atoms in total. The van der Waals surface area contributed by atoms with Gasteiger partial charge in [-0.05, 0) is 44.5 Å². The van der Waals surface area contributed by atoms with Crippen LogP contribution in [0.15, 0.2) is 22.4 Å². The number of rotatable bonds is 6. The molecule has 0 radical (unpaired) electrons. The lowest BCUT2D eigenvalue weighted by atomic mass is 10.1. The highest BCUT2D eigenvalue weighted by Gasteiger charge is 2.22. The van der Waals surface area contributed by atoms with E-state index < -0.39 is 16.0 Å². The van der Waals surface area contributed by atoms with Gasteiger partial charge in [0, 0.05) is 20.7 Å². The van der Waals surface area contributed by atoms with Gasteiger partial charge in [0.1, 0.15) is 4.21 Å². The van der Waals surface area contributed by atoms with E-state index in [2.05, 4.69) is 4.72 Å². The SMILES string of the molecule is Cc1cc(C(C)NS(=O)(=O)c2ccc(CC(=O)O)s2)c(C)s1. The molecule has 0 aliphatic rings. The van der Waals surface area contributed by atoms with Crippen LogP contribution in [0.5, 0.6) is 0 Å². The summed E-state index contributed by atoms with van der Waals surface area (Å²) >= 11 is 2.62. The van der Waals surface area contributed by atoms with Crippen LogP contribution < -0.4 is 4.72 Å². The largest absolute Gasteiger partial charge is 0.481 e. The number of aryl methyl sites for hydroxylation is 2. The van der Waals surface area contributed by atoms with Gasteiger partial charge in [-0.25, -0.2) is 13.1 Å². The Balaban J connectivity index is 2.18. The van der Waals surface area contributed by atoms with Crippen LogP contribution in [-0.4, -0.2) is 19.5 Å². The minimum absolute atomic E-state index is 0.139. The van der Waals surface area contributed by atoms with Crippen LogP contribution in [0.2, 0.25) is 0 Å². The molecule has 1 atom stereocenters. The number of hydrogen-bond donors (Lipinski definition) is 2. The van der Waals surface area contributed by atoms with Gasteiger partial charge in [0.2, 0.25) is 0 Å². The number of carbonyl (C=O) groups is 1. The van der Waals surface area contributed by atoms with E-state index >= 15 is 0 Å². The van der Waals surface area contributed by atoms with E-state index in [0.29, 0.717) is 4.88 Å². The predicted molar refractivity (Wildman–Crippen MR) is 88.2 cm³/mol. The zero-order valence-corrected chi connectivity index (χ0v) is 14.9. The normalized spacial score (nSPS) is 13.2. The second-order valence-electron chi connectivity index (χ2n) is 5.00. The third-order valence-electron chi connectivity index (χ3n) is 3.11. The summed E-state index contributed by atoms with van der Waals surface area (Å²) in [6.45, 7) is 5.76. The van der Waals surface area contributed by atoms with Gasteiger partial charge < -0.3 is 5.11 Å². The van der Waals surface area contributed by atoms with Gasteiger partial charge in [-0.3, -0.25) is 4.79 Å². The fourth-order valence-electron chi connectivity index (χ4n) is 2.18. The van der Waals surface area contributed by atoms with Gasteiger partial charge in [0.25, 0.3) is 10.0 Å². The van der Waals surface area contributed by atoms with Crippen LogP contribution in [0.1, 0.15) is 33.2 Å². The molecule has 0 aromatic carbocycles. The van der Waals surface area contributed by atoms with E-state index in [1.807, 2.05) is 19.9 Å². The highest BCUT2D eigenvalue weighted by molar-refractivity contribution is 7.91. The number of carboxylic acids is 1. The number of nitrogens with one attached hydrogen (secondary N) is 1. The highest BCUT2D eigenvalue weighted by atomic mass is 32.2. The Morgan fingerprint density at radius 2 is 2.00 bits per heavy atom. The lowest BCUT2D eigenvalue weighted by Gasteiger charge is -2.13. The van der Waals surface area contributed by atoms with Crippen molar-refractivity contribution in [2.24, 2.45) is 0 Å². The average Bonchev–Trinajstić information content (AvgIpc) is 2.95. The van der Waals surface area contributed by atoms with Crippen molar-refractivity contribution in [3.63, 3.8) is 0 Å². The molecule has 0 aliphatic heterocycles. The van der Waals surface area contributed by atoms with Crippen molar-refractivity contribution in [3.05, 3.63) is 38.4 Å². The maximum Gasteiger partial charge on any atom is 0.308 e. The second-order valence-corrected chi connectivity index (χ2v) is 9.57. The van der Waals surface area contributed by atoms with E-state index in [9.17, 15) is 13.2 Å². The van der Waals surface area contributed by atoms with E-state index in [1.165, 1.54) is 12.1 Å². The molecule has 0 bridgehead atoms. The Morgan fingerprint density at radius 3 is 2.55 bits per heavy atom. The maximum absolute atomic E-state index is 12.4. The molecular weight excluding hydrogens is 342 g/mol. The van der Waals surface area contributed by atoms with Gasteiger partial charge in [0.05, 0.1) is 6.42 Å². The maximum atomic E-state index is 12.4. The van der Waals surface area contributed by atoms with Crippen LogP contribution in [0, 0.1) is 13.8 Å². The first kappa shape index (κ1) is 17.1. The van der Waals surface area contributed by atoms with Gasteiger partial charge in [-0.2, -0.15) is 0 Å². The first-order valence-electron chi connectivity index (χ1n) is 6.59. The molecule has 0 saturated heterocycles. The average molecular weight is 359 g/mol. The lowest BCUT2D eigenvalue weighted by molar-refractivity contribution is -0.136. The Bertz CT molecular complexity index is 789. The highest BCUT2D eigenvalue weighted by Crippen LogP contribution is 2.28. The van der Waals surface area contributed by atoms with Crippen molar-refractivity contribution in [2.75, 3.05) is 0 Å². The molecule has 0 aliphatic carbocycles. The number of aliphatic carboxylic acids is 1. The molecule has 2 rings (SSSR count). The van der Waals surface area contributed by atoms with Crippen molar-refractivity contribution < 1.29 is 18.3 Å². The zero-order chi connectivity index (χ0) is 16.5. The molecule has 1 unspecified atom stereocenters. The number of carboxylic acid groups (broad SMARTS) is 1. The molecule has 2 N–H and O–H groups in total. The molecule has 2 heterocycles. The summed E-state index contributed by atoms with van der Waals surface area (Å²) < 4.78 is 27.6. The van der Waals surface area contributed by atoms with E-state index in [-0.39, 0.29) is 16.7 Å². The third-order valence-corrected chi connectivity index (χ3v) is 7.20. The summed E-state index contributed by atoms with van der Waals surface area (Å²) in [6, 6.07) is 4.64. The molecule has 0 spiro atoms. The van der Waals surface area contributed by atoms with Crippen LogP contribution in [0.25, 0.3) is 0 Å². The Labute approximate surface area is 137 Å². The fourth-order valence-corrected chi connectivity index (χ4v) is 5.79. The van der Waals surface area contributed by atoms with Gasteiger partial charge in [-0.1, -0.05) is 0 Å². The molecule has 0 amide bonds. The molecule has 0 fully saturated rings. The van der Waals surface area contributed by atoms with Crippen molar-refractivity contribution in [3.8, 4) is 0 Å². The number of thiophene rings is 2. The van der Waals surface area contributed by atoms with Crippen LogP contribution >= 0.6 is 22.7 Å². The summed E-state index contributed by atoms with van der Waals surface area (Å²) in [7, 11) is -3.65. The van der Waals surface area contributed by atoms with Gasteiger partial charge >= 0.3 is 5.97 Å². The Hall–Kier alpha value is -1.22. The smallest absolute Gasteiger partial charge is 0.308 e. The minimum Gasteiger partial charge on any atom is -0.481 e. The standard InChI is InChI=1S/C14H17NO4S3/c1-8-6-12(10(3)20-8)9(2)15-22(18,19)14-5-4-11(21-14)7-13(16)17/h4-6,9,15H,7H2,1-3H3,(H,16,17). The summed E-state index contributed by atoms with van der Waals surface area (Å²) in [5.41, 5.74) is 0.966. The van der Waals surface area contributed by atoms with Crippen LogP contribution in [-0.2, 0) is 21.2 Å². The summed E-state index contributed by atoms with van der Waals surface area (Å²) in [5.74, 6) is -0.975. The molecule has 2 aromatic rings. The van der Waals surface area contributed by atoms with Crippen molar-refractivity contribution in [1.82, 2.24) is 4.72 Å². The summed E-state index contributed by atoms with van der Waals surface area (Å²) in [4.78, 5) is 13.4. The molecule has 120 valence electrons. The summed E-state index contributed by atoms with van der Waals surface area (Å²) in [6.07, 6.45) is -0.168. The molecular formula is C14H17NO4S3. The minimum atomic E-state index is -3.65. The van der Waals surface area contributed by atoms with Gasteiger partial charge in [-0.15, -0.1) is 22.7 Å². The quantitative estimate of drug-likeness (QED) is 0.830. The van der Waals surface area contributed by atoms with E-state index in [1.54, 1.807) is 18.3 Å². The zero-order valence-electron chi connectivity index (χ0n) is 12.4. The lowest BCUT2D eigenvalue weighted by Crippen LogP contribution is -2.26. The van der Waals surface area contributed by atoms with Crippen LogP contribution in [0.4, 0.5) is 0 Å². The molecule has 8 heteroatoms. The monoisotopic (exact) mass is 359 g/mol. The number of hydrogen-bond acceptors (Lipinski definition) is 5. The number of sulfonamides is 1. The fraction of sp³-hybridized carbons (Fsp3) is 0.357. The second kappa shape index (κ2) is 6.49. The predicted octanol–water partition coefficient (Wildman–Crippen LogP) is 3.09. The first-order valence-corrected chi connectivity index (χ1v) is 9.70.